The van der Waals surface area contributed by atoms with Crippen molar-refractivity contribution in [2.75, 3.05) is 13.2 Å². The average molecular weight is 886 g/mol. The van der Waals surface area contributed by atoms with Gasteiger partial charge < -0.3 is 10.7 Å². The summed E-state index contributed by atoms with van der Waals surface area (Å²) in [7, 11) is -4.34. The molecule has 0 saturated carbocycles. The molecule has 4 aliphatic rings. The summed E-state index contributed by atoms with van der Waals surface area (Å²) in [6.07, 6.45) is 2.87. The molecule has 6 bridgehead atoms. The first-order valence-corrected chi connectivity index (χ1v) is 23.2. The quantitative estimate of drug-likeness (QED) is 0.0771. The van der Waals surface area contributed by atoms with Crippen molar-refractivity contribution in [3.63, 3.8) is 0 Å². The van der Waals surface area contributed by atoms with Crippen LogP contribution in [-0.4, -0.2) is 58.6 Å². The predicted molar refractivity (Wildman–Crippen MR) is 232 cm³/mol. The van der Waals surface area contributed by atoms with Gasteiger partial charge in [0.1, 0.15) is 22.6 Å². The number of phosphoric acid groups is 1. The van der Waals surface area contributed by atoms with Crippen LogP contribution in [0.5, 0.6) is 0 Å². The third-order valence-corrected chi connectivity index (χ3v) is 15.8. The van der Waals surface area contributed by atoms with Gasteiger partial charge in [0.2, 0.25) is 0 Å². The topological polar surface area (TPSA) is 129 Å². The van der Waals surface area contributed by atoms with Gasteiger partial charge in [0, 0.05) is 63.9 Å². The van der Waals surface area contributed by atoms with E-state index < -0.39 is 22.7 Å². The fourth-order valence-corrected chi connectivity index (χ4v) is 12.9. The second kappa shape index (κ2) is 14.9. The molecule has 6 heterocycles. The summed E-state index contributed by atoms with van der Waals surface area (Å²) in [5.41, 5.74) is 3.59. The van der Waals surface area contributed by atoms with Crippen molar-refractivity contribution in [2.24, 2.45) is 30.0 Å². The highest BCUT2D eigenvalue weighted by molar-refractivity contribution is 7.49. The van der Waals surface area contributed by atoms with E-state index in [0.29, 0.717) is 123 Å². The summed E-state index contributed by atoms with van der Waals surface area (Å²) >= 11 is 23.1. The van der Waals surface area contributed by atoms with E-state index in [-0.39, 0.29) is 13.2 Å². The maximum absolute atomic E-state index is 15.2. The zero-order chi connectivity index (χ0) is 39.9. The van der Waals surface area contributed by atoms with Crippen LogP contribution >= 0.6 is 54.2 Å². The first-order chi connectivity index (χ1) is 28.1. The van der Waals surface area contributed by atoms with Gasteiger partial charge in [0.25, 0.3) is 0 Å². The van der Waals surface area contributed by atoms with Crippen LogP contribution in [0.4, 0.5) is 11.6 Å². The molecule has 0 unspecified atom stereocenters. The summed E-state index contributed by atoms with van der Waals surface area (Å²) < 4.78 is 38.3. The van der Waals surface area contributed by atoms with Crippen molar-refractivity contribution in [3.05, 3.63) is 126 Å². The number of fused-ring (bicyclic) bond motifs is 14. The lowest BCUT2D eigenvalue weighted by atomic mass is 10.1. The van der Waals surface area contributed by atoms with E-state index in [1.54, 1.807) is 24.3 Å². The minimum atomic E-state index is -4.34. The molecule has 0 spiro atoms. The van der Waals surface area contributed by atoms with Crippen molar-refractivity contribution in [1.82, 2.24) is 7.10 Å². The SMILES string of the molecule is CCCCOP(=O)(OCCCC)[O][Al]1[n]2c3c4cc(Cl)ccc4c2N=C2N=C(N=c4c5cc(Cl)ccc5c([n]41)=NC1=NC(=N3)c3ccc(Cl)cc31)c1ccc(Cl)cc12. The highest BCUT2D eigenvalue weighted by atomic mass is 35.5. The summed E-state index contributed by atoms with van der Waals surface area (Å²) in [4.78, 5) is 31.2. The van der Waals surface area contributed by atoms with E-state index in [1.165, 1.54) is 0 Å². The molecule has 2 aromatic heterocycles. The van der Waals surface area contributed by atoms with Crippen LogP contribution in [0.25, 0.3) is 21.5 Å². The number of aliphatic imine (C=N–C) groups is 4. The predicted octanol–water partition coefficient (Wildman–Crippen LogP) is 10.3. The van der Waals surface area contributed by atoms with Crippen LogP contribution in [0.1, 0.15) is 61.8 Å². The Kier molecular flexibility index (Phi) is 9.86. The minimum Gasteiger partial charge on any atom is -0.373 e. The van der Waals surface area contributed by atoms with Crippen LogP contribution in [0.2, 0.25) is 20.1 Å². The minimum absolute atomic E-state index is 0.145. The van der Waals surface area contributed by atoms with Gasteiger partial charge in [-0.25, -0.2) is 34.5 Å². The van der Waals surface area contributed by atoms with Gasteiger partial charge in [-0.05, 0) is 85.6 Å². The molecule has 12 nitrogen and oxygen atoms in total. The number of phosphoric ester groups is 1. The third-order valence-electron chi connectivity index (χ3n) is 10.2. The Labute approximate surface area is 356 Å². The van der Waals surface area contributed by atoms with Crippen molar-refractivity contribution in [3.8, 4) is 0 Å². The van der Waals surface area contributed by atoms with E-state index in [1.807, 2.05) is 69.5 Å². The largest absolute Gasteiger partial charge is 0.818 e. The number of nitrogens with zero attached hydrogens (tertiary/aromatic N) is 8. The molecule has 4 aromatic carbocycles. The van der Waals surface area contributed by atoms with Crippen LogP contribution < -0.4 is 11.0 Å². The Morgan fingerprint density at radius 3 is 1.60 bits per heavy atom. The zero-order valence-corrected chi connectivity index (χ0v) is 36.0. The second-order valence-corrected chi connectivity index (χ2v) is 19.7. The maximum atomic E-state index is 15.2. The molecule has 0 fully saturated rings. The van der Waals surface area contributed by atoms with Gasteiger partial charge in [-0.15, -0.1) is 0 Å². The van der Waals surface area contributed by atoms with Gasteiger partial charge >= 0.3 is 22.7 Å². The molecule has 0 N–H and O–H groups in total. The van der Waals surface area contributed by atoms with E-state index in [9.17, 15) is 0 Å². The van der Waals surface area contributed by atoms with Crippen molar-refractivity contribution in [1.29, 1.82) is 0 Å². The van der Waals surface area contributed by atoms with Crippen LogP contribution in [-0.2, 0) is 17.2 Å². The maximum Gasteiger partial charge on any atom is 0.818 e. The molecule has 290 valence electrons. The average Bonchev–Trinajstić information content (AvgIpc) is 3.89. The standard InChI is InChI=1S/C32H12Cl4N8.C8H19O4P.Al/c33-13-1-5-17-21(9-13)29-37-25(17)41-30-22-10-14(34)2-6-18(22)27(38-30)43-32-24-12-16(36)4-8-20(24)28(40-32)44-31-23-11-15(35)3-7-19(23)26(39-31)42-29;1-3-5-7-11-13(9,10)12-8-6-4-2;/h1-12H;3-8H2,1-2H3,(H,9,10);/q-2;;+3/p-1. The normalized spacial score (nSPS) is 15.0. The highest BCUT2D eigenvalue weighted by Gasteiger charge is 2.48. The first kappa shape index (κ1) is 38.3. The van der Waals surface area contributed by atoms with Gasteiger partial charge in [0.05, 0.1) is 13.2 Å². The summed E-state index contributed by atoms with van der Waals surface area (Å²) in [6, 6.07) is 21.9. The number of hydrogen-bond acceptors (Lipinski definition) is 10. The number of unbranched alkanes of at least 4 members (excludes halogenated alkanes) is 2. The number of rotatable bonds is 10. The number of aromatic nitrogens is 2. The molecule has 0 amide bonds. The smallest absolute Gasteiger partial charge is 0.373 e. The van der Waals surface area contributed by atoms with E-state index in [2.05, 4.69) is 0 Å². The van der Waals surface area contributed by atoms with E-state index >= 15 is 4.57 Å². The summed E-state index contributed by atoms with van der Waals surface area (Å²) in [5, 5.41) is 4.56. The summed E-state index contributed by atoms with van der Waals surface area (Å²) in [5.74, 6) is 2.29. The molecule has 0 aliphatic carbocycles. The number of amidine groups is 4. The number of halogens is 4. The molecule has 58 heavy (non-hydrogen) atoms. The van der Waals surface area contributed by atoms with Crippen LogP contribution in [0.3, 0.4) is 0 Å². The third kappa shape index (κ3) is 6.45. The van der Waals surface area contributed by atoms with Gasteiger partial charge in [-0.2, -0.15) is 0 Å². The van der Waals surface area contributed by atoms with Gasteiger partial charge in [0.15, 0.2) is 23.3 Å². The fourth-order valence-electron chi connectivity index (χ4n) is 7.43. The van der Waals surface area contributed by atoms with Crippen LogP contribution in [0, 0.1) is 0 Å². The fraction of sp³-hybridized carbons (Fsp3) is 0.200. The Hall–Kier alpha value is -3.96. The molecule has 0 atom stereocenters. The van der Waals surface area contributed by atoms with Crippen molar-refractivity contribution in [2.45, 2.75) is 39.5 Å². The number of benzene rings is 4. The molecular formula is C40H30AlCl4N8O4P. The molecule has 0 saturated heterocycles. The Bertz CT molecular complexity index is 3070. The molecule has 4 aliphatic heterocycles. The van der Waals surface area contributed by atoms with Gasteiger partial charge in [-0.3, -0.25) is 9.05 Å². The molecule has 6 aromatic rings. The Morgan fingerprint density at radius 1 is 0.534 bits per heavy atom. The first-order valence-electron chi connectivity index (χ1n) is 18.8. The Balaban J connectivity index is 1.42. The number of hydrogen-bond donors (Lipinski definition) is 0. The lowest BCUT2D eigenvalue weighted by Crippen LogP contribution is -2.48. The van der Waals surface area contributed by atoms with Crippen molar-refractivity contribution >= 4 is 126 Å². The van der Waals surface area contributed by atoms with E-state index in [0.717, 1.165) is 12.8 Å². The van der Waals surface area contributed by atoms with Crippen molar-refractivity contribution < 1.29 is 17.2 Å². The lowest BCUT2D eigenvalue weighted by Gasteiger charge is -2.24. The van der Waals surface area contributed by atoms with Crippen LogP contribution in [0.15, 0.2) is 103 Å². The lowest BCUT2D eigenvalue weighted by molar-refractivity contribution is 0.150. The van der Waals surface area contributed by atoms with Gasteiger partial charge in [-0.1, -0.05) is 73.1 Å². The highest BCUT2D eigenvalue weighted by Crippen LogP contribution is 2.52. The molecule has 18 heteroatoms. The van der Waals surface area contributed by atoms with E-state index in [4.69, 9.17) is 89.0 Å². The zero-order valence-electron chi connectivity index (χ0n) is 30.9. The Morgan fingerprint density at radius 2 is 1.00 bits per heavy atom. The summed E-state index contributed by atoms with van der Waals surface area (Å²) in [6.45, 7) is 4.34. The molecule has 10 rings (SSSR count). The molecular weight excluding hydrogens is 856 g/mol. The second-order valence-electron chi connectivity index (χ2n) is 14.0. The monoisotopic (exact) mass is 884 g/mol. The molecule has 0 radical (unpaired) electrons.